The summed E-state index contributed by atoms with van der Waals surface area (Å²) in [7, 11) is 0. The van der Waals surface area contributed by atoms with Crippen molar-refractivity contribution in [2.45, 2.75) is 13.5 Å². The van der Waals surface area contributed by atoms with Gasteiger partial charge in [0.2, 0.25) is 0 Å². The van der Waals surface area contributed by atoms with Gasteiger partial charge < -0.3 is 4.90 Å². The molecule has 0 radical (unpaired) electrons. The second-order valence-electron chi connectivity index (χ2n) is 7.91. The molecule has 1 N–H and O–H groups in total. The minimum Gasteiger partial charge on any atom is -0.303 e. The average molecular weight is 437 g/mol. The first-order valence-electron chi connectivity index (χ1n) is 10.5. The van der Waals surface area contributed by atoms with Crippen molar-refractivity contribution in [3.05, 3.63) is 113 Å². The van der Waals surface area contributed by atoms with Crippen molar-refractivity contribution >= 4 is 34.0 Å². The van der Waals surface area contributed by atoms with Crippen molar-refractivity contribution < 1.29 is 14.0 Å². The van der Waals surface area contributed by atoms with Crippen LogP contribution in [0.4, 0.5) is 10.1 Å². The van der Waals surface area contributed by atoms with E-state index in [-0.39, 0.29) is 17.6 Å². The van der Waals surface area contributed by atoms with E-state index >= 15 is 0 Å². The predicted molar refractivity (Wildman–Crippen MR) is 127 cm³/mol. The first kappa shape index (κ1) is 20.6. The van der Waals surface area contributed by atoms with Gasteiger partial charge in [-0.05, 0) is 59.8 Å². The van der Waals surface area contributed by atoms with Crippen molar-refractivity contribution in [1.82, 2.24) is 5.43 Å². The lowest BCUT2D eigenvalue weighted by Crippen LogP contribution is -2.26. The molecule has 33 heavy (non-hydrogen) atoms. The van der Waals surface area contributed by atoms with Crippen LogP contribution in [0.15, 0.2) is 90.0 Å². The largest absolute Gasteiger partial charge is 0.303 e. The summed E-state index contributed by atoms with van der Waals surface area (Å²) in [6.07, 6.45) is 0. The third kappa shape index (κ3) is 3.87. The van der Waals surface area contributed by atoms with Gasteiger partial charge >= 0.3 is 0 Å². The quantitative estimate of drug-likeness (QED) is 0.341. The molecule has 0 saturated heterocycles. The Balaban J connectivity index is 1.29. The zero-order chi connectivity index (χ0) is 22.9. The first-order chi connectivity index (χ1) is 16.0. The molecule has 0 fully saturated rings. The number of amides is 2. The molecule has 1 aliphatic heterocycles. The fraction of sp³-hybridized carbons (Fsp3) is 0.0741. The van der Waals surface area contributed by atoms with Crippen LogP contribution >= 0.6 is 0 Å². The standard InChI is InChI=1S/C27H20FN3O2/c1-17(19-12-14-22(28)15-13-19)29-30-26(32)21-10-8-18(9-11-21)16-31-24-7-3-5-20-4-2-6-23(25(20)24)27(31)33/h2-15H,16H2,1H3,(H,30,32). The summed E-state index contributed by atoms with van der Waals surface area (Å²) in [6.45, 7) is 2.15. The number of nitrogens with zero attached hydrogens (tertiary/aromatic N) is 2. The van der Waals surface area contributed by atoms with Crippen LogP contribution in [0.25, 0.3) is 10.8 Å². The first-order valence-corrected chi connectivity index (χ1v) is 10.5. The molecule has 5 nitrogen and oxygen atoms in total. The molecule has 0 aliphatic carbocycles. The Bertz CT molecular complexity index is 1400. The van der Waals surface area contributed by atoms with E-state index in [9.17, 15) is 14.0 Å². The lowest BCUT2D eigenvalue weighted by Gasteiger charge is -2.18. The number of rotatable bonds is 5. The second-order valence-corrected chi connectivity index (χ2v) is 7.91. The SMILES string of the molecule is CC(=NNC(=O)c1ccc(CN2C(=O)c3cccc4cccc2c34)cc1)c1ccc(F)cc1. The summed E-state index contributed by atoms with van der Waals surface area (Å²) in [4.78, 5) is 27.2. The Morgan fingerprint density at radius 2 is 1.58 bits per heavy atom. The Labute approximate surface area is 190 Å². The van der Waals surface area contributed by atoms with Gasteiger partial charge in [-0.2, -0.15) is 5.10 Å². The lowest BCUT2D eigenvalue weighted by molar-refractivity contribution is 0.0953. The molecule has 0 spiro atoms. The maximum absolute atomic E-state index is 13.1. The highest BCUT2D eigenvalue weighted by atomic mass is 19.1. The highest BCUT2D eigenvalue weighted by Crippen LogP contribution is 2.37. The van der Waals surface area contributed by atoms with Gasteiger partial charge in [-0.3, -0.25) is 9.59 Å². The molecule has 162 valence electrons. The van der Waals surface area contributed by atoms with Gasteiger partial charge in [-0.1, -0.05) is 48.5 Å². The predicted octanol–water partition coefficient (Wildman–Crippen LogP) is 5.29. The monoisotopic (exact) mass is 437 g/mol. The van der Waals surface area contributed by atoms with Crippen LogP contribution < -0.4 is 10.3 Å². The number of benzene rings is 4. The van der Waals surface area contributed by atoms with Gasteiger partial charge in [0.1, 0.15) is 5.82 Å². The molecule has 4 aromatic rings. The Morgan fingerprint density at radius 1 is 0.909 bits per heavy atom. The Hall–Kier alpha value is -4.32. The number of carbonyl (C=O) groups excluding carboxylic acids is 2. The topological polar surface area (TPSA) is 61.8 Å². The summed E-state index contributed by atoms with van der Waals surface area (Å²) in [5.41, 5.74) is 6.80. The van der Waals surface area contributed by atoms with Gasteiger partial charge in [-0.15, -0.1) is 0 Å². The van der Waals surface area contributed by atoms with Gasteiger partial charge in [0, 0.05) is 16.5 Å². The normalized spacial score (nSPS) is 13.0. The van der Waals surface area contributed by atoms with Crippen LogP contribution in [-0.2, 0) is 6.54 Å². The zero-order valence-electron chi connectivity index (χ0n) is 17.9. The van der Waals surface area contributed by atoms with E-state index in [4.69, 9.17) is 0 Å². The Kier molecular flexibility index (Phi) is 5.18. The van der Waals surface area contributed by atoms with Gasteiger partial charge in [0.05, 0.1) is 17.9 Å². The molecule has 5 rings (SSSR count). The molecule has 2 amide bonds. The number of halogens is 1. The van der Waals surface area contributed by atoms with Crippen molar-refractivity contribution in [2.24, 2.45) is 5.10 Å². The van der Waals surface area contributed by atoms with Crippen molar-refractivity contribution in [2.75, 3.05) is 4.90 Å². The van der Waals surface area contributed by atoms with E-state index in [1.165, 1.54) is 12.1 Å². The van der Waals surface area contributed by atoms with Crippen LogP contribution in [0.1, 0.15) is 38.8 Å². The molecular formula is C27H20FN3O2. The van der Waals surface area contributed by atoms with Gasteiger partial charge in [-0.25, -0.2) is 9.82 Å². The average Bonchev–Trinajstić information content (AvgIpc) is 3.11. The fourth-order valence-corrected chi connectivity index (χ4v) is 4.04. The lowest BCUT2D eigenvalue weighted by atomic mass is 10.1. The van der Waals surface area contributed by atoms with Crippen LogP contribution in [0.3, 0.4) is 0 Å². The highest BCUT2D eigenvalue weighted by molar-refractivity contribution is 6.24. The van der Waals surface area contributed by atoms with E-state index in [0.717, 1.165) is 27.6 Å². The number of hydrogen-bond acceptors (Lipinski definition) is 3. The van der Waals surface area contributed by atoms with E-state index in [1.807, 2.05) is 48.5 Å². The van der Waals surface area contributed by atoms with Crippen molar-refractivity contribution in [3.8, 4) is 0 Å². The maximum atomic E-state index is 13.1. The van der Waals surface area contributed by atoms with E-state index in [2.05, 4.69) is 10.5 Å². The molecule has 0 bridgehead atoms. The maximum Gasteiger partial charge on any atom is 0.271 e. The minimum absolute atomic E-state index is 0.0192. The molecule has 0 aromatic heterocycles. The van der Waals surface area contributed by atoms with E-state index in [1.54, 1.807) is 36.1 Å². The number of hydrogen-bond donors (Lipinski definition) is 1. The van der Waals surface area contributed by atoms with Crippen LogP contribution in [-0.4, -0.2) is 17.5 Å². The van der Waals surface area contributed by atoms with E-state index in [0.29, 0.717) is 23.4 Å². The Morgan fingerprint density at radius 3 is 2.30 bits per heavy atom. The fourth-order valence-electron chi connectivity index (χ4n) is 4.04. The zero-order valence-corrected chi connectivity index (χ0v) is 17.9. The van der Waals surface area contributed by atoms with Gasteiger partial charge in [0.25, 0.3) is 11.8 Å². The number of anilines is 1. The third-order valence-electron chi connectivity index (χ3n) is 5.79. The molecule has 0 unspecified atom stereocenters. The summed E-state index contributed by atoms with van der Waals surface area (Å²) in [6, 6.07) is 24.7. The molecule has 0 saturated carbocycles. The summed E-state index contributed by atoms with van der Waals surface area (Å²) in [5, 5.41) is 6.13. The summed E-state index contributed by atoms with van der Waals surface area (Å²) < 4.78 is 13.1. The van der Waals surface area contributed by atoms with Crippen LogP contribution in [0.2, 0.25) is 0 Å². The van der Waals surface area contributed by atoms with Crippen LogP contribution in [0.5, 0.6) is 0 Å². The minimum atomic E-state index is -0.350. The number of carbonyl (C=O) groups is 2. The van der Waals surface area contributed by atoms with Gasteiger partial charge in [0.15, 0.2) is 0 Å². The smallest absolute Gasteiger partial charge is 0.271 e. The van der Waals surface area contributed by atoms with Crippen molar-refractivity contribution in [1.29, 1.82) is 0 Å². The molecule has 1 aliphatic rings. The third-order valence-corrected chi connectivity index (χ3v) is 5.79. The molecule has 6 heteroatoms. The molecular weight excluding hydrogens is 417 g/mol. The molecule has 1 heterocycles. The molecule has 4 aromatic carbocycles. The second kappa shape index (κ2) is 8.31. The number of nitrogens with one attached hydrogen (secondary N) is 1. The summed E-state index contributed by atoms with van der Waals surface area (Å²) in [5.74, 6) is -0.696. The highest BCUT2D eigenvalue weighted by Gasteiger charge is 2.29. The summed E-state index contributed by atoms with van der Waals surface area (Å²) >= 11 is 0. The molecule has 0 atom stereocenters. The van der Waals surface area contributed by atoms with E-state index < -0.39 is 0 Å². The van der Waals surface area contributed by atoms with Crippen LogP contribution in [0, 0.1) is 5.82 Å². The van der Waals surface area contributed by atoms with Crippen molar-refractivity contribution in [3.63, 3.8) is 0 Å². The number of hydrazone groups is 1.